The van der Waals surface area contributed by atoms with E-state index in [9.17, 15) is 9.59 Å². The Kier molecular flexibility index (Phi) is 6.26. The van der Waals surface area contributed by atoms with Crippen LogP contribution in [0, 0.1) is 0 Å². The number of amides is 2. The van der Waals surface area contributed by atoms with Crippen molar-refractivity contribution < 1.29 is 9.59 Å². The Balaban J connectivity index is 1.56. The molecule has 0 radical (unpaired) electrons. The first-order valence-electron chi connectivity index (χ1n) is 10.6. The number of carbonyl (C=O) groups is 2. The van der Waals surface area contributed by atoms with Gasteiger partial charge in [0.15, 0.2) is 0 Å². The molecule has 158 valence electrons. The van der Waals surface area contributed by atoms with E-state index in [1.54, 1.807) is 42.7 Å². The maximum absolute atomic E-state index is 13.1. The summed E-state index contributed by atoms with van der Waals surface area (Å²) in [5.41, 5.74) is 9.76. The van der Waals surface area contributed by atoms with Crippen LogP contribution in [0.15, 0.2) is 67.0 Å². The van der Waals surface area contributed by atoms with Crippen molar-refractivity contribution in [1.29, 1.82) is 0 Å². The second kappa shape index (κ2) is 9.43. The first kappa shape index (κ1) is 20.6. The van der Waals surface area contributed by atoms with E-state index in [2.05, 4.69) is 10.3 Å². The SMILES string of the molecule is Nc1ccncc1-c1cccc(C(=O)Nc2ccccc2C(=O)N2CCCCCC2)c1. The van der Waals surface area contributed by atoms with Crippen molar-refractivity contribution in [2.45, 2.75) is 25.7 Å². The predicted octanol–water partition coefficient (Wildman–Crippen LogP) is 4.60. The van der Waals surface area contributed by atoms with Gasteiger partial charge in [-0.15, -0.1) is 0 Å². The molecule has 0 atom stereocenters. The van der Waals surface area contributed by atoms with E-state index >= 15 is 0 Å². The van der Waals surface area contributed by atoms with E-state index in [-0.39, 0.29) is 11.8 Å². The number of pyridine rings is 1. The quantitative estimate of drug-likeness (QED) is 0.653. The largest absolute Gasteiger partial charge is 0.398 e. The Bertz CT molecular complexity index is 1090. The molecule has 1 aliphatic rings. The van der Waals surface area contributed by atoms with Crippen LogP contribution in [0.25, 0.3) is 11.1 Å². The lowest BCUT2D eigenvalue weighted by Gasteiger charge is -2.22. The van der Waals surface area contributed by atoms with E-state index in [0.717, 1.165) is 49.9 Å². The summed E-state index contributed by atoms with van der Waals surface area (Å²) < 4.78 is 0. The number of anilines is 2. The number of nitrogen functional groups attached to an aromatic ring is 1. The van der Waals surface area contributed by atoms with Gasteiger partial charge in [-0.25, -0.2) is 0 Å². The van der Waals surface area contributed by atoms with Crippen LogP contribution in [0.2, 0.25) is 0 Å². The topological polar surface area (TPSA) is 88.3 Å². The summed E-state index contributed by atoms with van der Waals surface area (Å²) in [7, 11) is 0. The van der Waals surface area contributed by atoms with Gasteiger partial charge in [0.2, 0.25) is 0 Å². The van der Waals surface area contributed by atoms with Gasteiger partial charge in [-0.1, -0.05) is 37.1 Å². The fourth-order valence-electron chi connectivity index (χ4n) is 3.89. The van der Waals surface area contributed by atoms with E-state index in [1.165, 1.54) is 0 Å². The van der Waals surface area contributed by atoms with E-state index in [4.69, 9.17) is 5.73 Å². The highest BCUT2D eigenvalue weighted by atomic mass is 16.2. The van der Waals surface area contributed by atoms with Gasteiger partial charge in [0.25, 0.3) is 11.8 Å². The molecule has 0 unspecified atom stereocenters. The minimum Gasteiger partial charge on any atom is -0.398 e. The minimum atomic E-state index is -0.277. The van der Waals surface area contributed by atoms with E-state index < -0.39 is 0 Å². The molecule has 6 nitrogen and oxygen atoms in total. The first-order valence-corrected chi connectivity index (χ1v) is 10.6. The second-order valence-corrected chi connectivity index (χ2v) is 7.75. The number of hydrogen-bond acceptors (Lipinski definition) is 4. The number of nitrogens with two attached hydrogens (primary N) is 1. The van der Waals surface area contributed by atoms with Crippen molar-refractivity contribution >= 4 is 23.2 Å². The van der Waals surface area contributed by atoms with Crippen LogP contribution in [0.1, 0.15) is 46.4 Å². The summed E-state index contributed by atoms with van der Waals surface area (Å²) in [6.45, 7) is 1.52. The van der Waals surface area contributed by atoms with Gasteiger partial charge < -0.3 is 16.0 Å². The molecule has 2 amide bonds. The molecule has 3 aromatic rings. The smallest absolute Gasteiger partial charge is 0.255 e. The number of rotatable bonds is 4. The average molecular weight is 415 g/mol. The highest BCUT2D eigenvalue weighted by Gasteiger charge is 2.21. The van der Waals surface area contributed by atoms with Gasteiger partial charge in [0.1, 0.15) is 0 Å². The Morgan fingerprint density at radius 1 is 0.935 bits per heavy atom. The fourth-order valence-corrected chi connectivity index (χ4v) is 3.89. The Morgan fingerprint density at radius 2 is 1.71 bits per heavy atom. The van der Waals surface area contributed by atoms with Gasteiger partial charge in [0, 0.05) is 42.3 Å². The third kappa shape index (κ3) is 4.74. The number of para-hydroxylation sites is 1. The number of likely N-dealkylation sites (tertiary alicyclic amines) is 1. The molecular weight excluding hydrogens is 388 g/mol. The van der Waals surface area contributed by atoms with Crippen LogP contribution in [-0.2, 0) is 0 Å². The molecule has 1 saturated heterocycles. The molecular formula is C25H26N4O2. The van der Waals surface area contributed by atoms with Crippen LogP contribution >= 0.6 is 0 Å². The van der Waals surface area contributed by atoms with Crippen molar-refractivity contribution in [1.82, 2.24) is 9.88 Å². The molecule has 0 bridgehead atoms. The fraction of sp³-hybridized carbons (Fsp3) is 0.240. The molecule has 31 heavy (non-hydrogen) atoms. The van der Waals surface area contributed by atoms with Gasteiger partial charge in [-0.2, -0.15) is 0 Å². The Labute approximate surface area is 182 Å². The number of aromatic nitrogens is 1. The number of carbonyl (C=O) groups excluding carboxylic acids is 2. The third-order valence-electron chi connectivity index (χ3n) is 5.59. The van der Waals surface area contributed by atoms with Crippen molar-refractivity contribution in [2.75, 3.05) is 24.1 Å². The lowest BCUT2D eigenvalue weighted by Crippen LogP contribution is -2.32. The number of hydrogen-bond donors (Lipinski definition) is 2. The molecule has 4 rings (SSSR count). The van der Waals surface area contributed by atoms with Gasteiger partial charge in [-0.05, 0) is 48.7 Å². The normalized spacial score (nSPS) is 14.0. The molecule has 1 aromatic heterocycles. The zero-order chi connectivity index (χ0) is 21.6. The van der Waals surface area contributed by atoms with Crippen LogP contribution in [-0.4, -0.2) is 34.8 Å². The van der Waals surface area contributed by atoms with Crippen molar-refractivity contribution in [3.8, 4) is 11.1 Å². The minimum absolute atomic E-state index is 0.0327. The van der Waals surface area contributed by atoms with E-state index in [0.29, 0.717) is 22.5 Å². The summed E-state index contributed by atoms with van der Waals surface area (Å²) in [5, 5.41) is 2.92. The molecule has 3 N–H and O–H groups in total. The summed E-state index contributed by atoms with van der Waals surface area (Å²) in [6, 6.07) is 16.1. The summed E-state index contributed by atoms with van der Waals surface area (Å²) in [4.78, 5) is 32.1. The van der Waals surface area contributed by atoms with Crippen LogP contribution < -0.4 is 11.1 Å². The zero-order valence-electron chi connectivity index (χ0n) is 17.4. The number of nitrogens with zero attached hydrogens (tertiary/aromatic N) is 2. The van der Waals surface area contributed by atoms with Gasteiger partial charge in [-0.3, -0.25) is 14.6 Å². The van der Waals surface area contributed by atoms with Gasteiger partial charge in [0.05, 0.1) is 11.3 Å². The zero-order valence-corrected chi connectivity index (χ0v) is 17.4. The third-order valence-corrected chi connectivity index (χ3v) is 5.59. The average Bonchev–Trinajstić information content (AvgIpc) is 3.09. The molecule has 1 fully saturated rings. The lowest BCUT2D eigenvalue weighted by atomic mass is 10.0. The molecule has 2 heterocycles. The summed E-state index contributed by atoms with van der Waals surface area (Å²) in [5.74, 6) is -0.310. The first-order chi connectivity index (χ1) is 15.1. The highest BCUT2D eigenvalue weighted by Crippen LogP contribution is 2.26. The summed E-state index contributed by atoms with van der Waals surface area (Å²) >= 11 is 0. The van der Waals surface area contributed by atoms with Crippen LogP contribution in [0.3, 0.4) is 0 Å². The second-order valence-electron chi connectivity index (χ2n) is 7.75. The van der Waals surface area contributed by atoms with E-state index in [1.807, 2.05) is 29.2 Å². The molecule has 0 spiro atoms. The standard InChI is InChI=1S/C25H26N4O2/c26-22-12-13-27-17-21(22)18-8-7-9-19(16-18)24(30)28-23-11-4-3-10-20(23)25(31)29-14-5-1-2-6-15-29/h3-4,7-13,16-17H,1-2,5-6,14-15H2,(H2,26,27)(H,28,30). The Hall–Kier alpha value is -3.67. The molecule has 1 aliphatic heterocycles. The van der Waals surface area contributed by atoms with Crippen molar-refractivity contribution in [3.63, 3.8) is 0 Å². The van der Waals surface area contributed by atoms with Crippen molar-refractivity contribution in [3.05, 3.63) is 78.1 Å². The summed E-state index contributed by atoms with van der Waals surface area (Å²) in [6.07, 6.45) is 7.66. The van der Waals surface area contributed by atoms with Gasteiger partial charge >= 0.3 is 0 Å². The number of nitrogens with one attached hydrogen (secondary N) is 1. The number of benzene rings is 2. The maximum atomic E-state index is 13.1. The Morgan fingerprint density at radius 3 is 2.48 bits per heavy atom. The molecule has 2 aromatic carbocycles. The monoisotopic (exact) mass is 414 g/mol. The van der Waals surface area contributed by atoms with Crippen LogP contribution in [0.4, 0.5) is 11.4 Å². The molecule has 0 aliphatic carbocycles. The lowest BCUT2D eigenvalue weighted by molar-refractivity contribution is 0.0762. The highest BCUT2D eigenvalue weighted by molar-refractivity contribution is 6.09. The molecule has 6 heteroatoms. The van der Waals surface area contributed by atoms with Crippen LogP contribution in [0.5, 0.6) is 0 Å². The predicted molar refractivity (Wildman–Crippen MR) is 123 cm³/mol. The maximum Gasteiger partial charge on any atom is 0.255 e. The van der Waals surface area contributed by atoms with Crippen molar-refractivity contribution in [2.24, 2.45) is 0 Å². The molecule has 0 saturated carbocycles.